The van der Waals surface area contributed by atoms with E-state index in [0.29, 0.717) is 5.82 Å². The fraction of sp³-hybridized carbons (Fsp3) is 0.667. The average molecular weight is 211 g/mol. The first-order valence-corrected chi connectivity index (χ1v) is 3.74. The molecular weight excluding hydrogens is 203 g/mol. The second-order valence-electron chi connectivity index (χ2n) is 2.32. The summed E-state index contributed by atoms with van der Waals surface area (Å²) in [6.45, 7) is -0.132. The molecule has 14 heavy (non-hydrogen) atoms. The molecule has 5 nitrogen and oxygen atoms in total. The molecule has 0 atom stereocenters. The summed E-state index contributed by atoms with van der Waals surface area (Å²) in [5.41, 5.74) is 0. The van der Waals surface area contributed by atoms with Crippen LogP contribution in [-0.2, 0) is 11.3 Å². The number of nitrogens with zero attached hydrogens (tertiary/aromatic N) is 2. The molecule has 1 rings (SSSR count). The fourth-order valence-corrected chi connectivity index (χ4v) is 0.709. The van der Waals surface area contributed by atoms with Gasteiger partial charge in [0.1, 0.15) is 0 Å². The Morgan fingerprint density at radius 2 is 2.29 bits per heavy atom. The third kappa shape index (κ3) is 4.77. The summed E-state index contributed by atoms with van der Waals surface area (Å²) in [7, 11) is 0. The van der Waals surface area contributed by atoms with Crippen LogP contribution in [0.4, 0.5) is 13.2 Å². The van der Waals surface area contributed by atoms with Gasteiger partial charge in [0.15, 0.2) is 5.82 Å². The van der Waals surface area contributed by atoms with Crippen molar-refractivity contribution in [1.82, 2.24) is 15.5 Å². The predicted molar refractivity (Wildman–Crippen MR) is 38.0 cm³/mol. The zero-order valence-corrected chi connectivity index (χ0v) is 7.04. The monoisotopic (exact) mass is 211 g/mol. The molecule has 0 bridgehead atoms. The summed E-state index contributed by atoms with van der Waals surface area (Å²) in [6.07, 6.45) is -3.43. The van der Waals surface area contributed by atoms with Gasteiger partial charge in [0.05, 0.1) is 13.2 Å². The van der Waals surface area contributed by atoms with Crippen LogP contribution in [0, 0.1) is 0 Å². The summed E-state index contributed by atoms with van der Waals surface area (Å²) < 4.78 is 42.3. The third-order valence-electron chi connectivity index (χ3n) is 1.23. The lowest BCUT2D eigenvalue weighted by Gasteiger charge is -2.06. The Labute approximate surface area is 77.2 Å². The van der Waals surface area contributed by atoms with Crippen LogP contribution in [0.1, 0.15) is 5.82 Å². The standard InChI is InChI=1S/C6H8F3N3O2/c7-6(8,9)13-2-1-10-3-5-11-4-14-12-5/h4,10H,1-3H2. The van der Waals surface area contributed by atoms with E-state index in [-0.39, 0.29) is 13.1 Å². The number of hydrogen-bond acceptors (Lipinski definition) is 5. The van der Waals surface area contributed by atoms with Crippen LogP contribution in [0.5, 0.6) is 0 Å². The molecule has 1 aromatic heterocycles. The van der Waals surface area contributed by atoms with Crippen molar-refractivity contribution in [3.63, 3.8) is 0 Å². The van der Waals surface area contributed by atoms with Gasteiger partial charge in [-0.05, 0) is 0 Å². The molecule has 0 radical (unpaired) electrons. The van der Waals surface area contributed by atoms with Crippen LogP contribution in [0.2, 0.25) is 0 Å². The molecule has 0 aliphatic rings. The van der Waals surface area contributed by atoms with E-state index in [2.05, 4.69) is 24.7 Å². The predicted octanol–water partition coefficient (Wildman–Crippen LogP) is 0.696. The second-order valence-corrected chi connectivity index (χ2v) is 2.32. The molecule has 0 saturated carbocycles. The molecule has 1 aromatic rings. The SMILES string of the molecule is FC(F)(F)OCCNCc1ncon1. The zero-order valence-electron chi connectivity index (χ0n) is 7.04. The van der Waals surface area contributed by atoms with E-state index in [0.717, 1.165) is 6.39 Å². The van der Waals surface area contributed by atoms with E-state index >= 15 is 0 Å². The molecule has 0 unspecified atom stereocenters. The minimum atomic E-state index is -4.58. The van der Waals surface area contributed by atoms with Crippen LogP contribution in [0.3, 0.4) is 0 Å². The summed E-state index contributed by atoms with van der Waals surface area (Å²) in [5, 5.41) is 6.10. The number of aromatic nitrogens is 2. The Morgan fingerprint density at radius 3 is 2.86 bits per heavy atom. The van der Waals surface area contributed by atoms with Gasteiger partial charge in [0, 0.05) is 6.54 Å². The molecule has 1 heterocycles. The number of alkyl halides is 3. The fourth-order valence-electron chi connectivity index (χ4n) is 0.709. The Balaban J connectivity index is 2.00. The minimum absolute atomic E-state index is 0.0635. The van der Waals surface area contributed by atoms with Crippen molar-refractivity contribution in [2.24, 2.45) is 0 Å². The lowest BCUT2D eigenvalue weighted by Crippen LogP contribution is -2.24. The first-order chi connectivity index (χ1) is 6.58. The van der Waals surface area contributed by atoms with Crippen LogP contribution < -0.4 is 5.32 Å². The van der Waals surface area contributed by atoms with E-state index < -0.39 is 13.0 Å². The Bertz CT molecular complexity index is 249. The van der Waals surface area contributed by atoms with E-state index in [9.17, 15) is 13.2 Å². The number of nitrogens with one attached hydrogen (secondary N) is 1. The maximum absolute atomic E-state index is 11.5. The van der Waals surface area contributed by atoms with Crippen LogP contribution in [0.15, 0.2) is 10.9 Å². The molecule has 80 valence electrons. The molecule has 0 aromatic carbocycles. The van der Waals surface area contributed by atoms with Gasteiger partial charge in [-0.15, -0.1) is 13.2 Å². The Kier molecular flexibility index (Phi) is 3.84. The van der Waals surface area contributed by atoms with Crippen molar-refractivity contribution in [2.45, 2.75) is 12.9 Å². The van der Waals surface area contributed by atoms with Crippen LogP contribution >= 0.6 is 0 Å². The smallest absolute Gasteiger partial charge is 0.343 e. The summed E-state index contributed by atoms with van der Waals surface area (Å²) in [5.74, 6) is 0.386. The largest absolute Gasteiger partial charge is 0.522 e. The van der Waals surface area contributed by atoms with Gasteiger partial charge < -0.3 is 9.84 Å². The van der Waals surface area contributed by atoms with Crippen molar-refractivity contribution >= 4 is 0 Å². The molecule has 0 fully saturated rings. The lowest BCUT2D eigenvalue weighted by atomic mass is 10.5. The van der Waals surface area contributed by atoms with Gasteiger partial charge in [0.2, 0.25) is 6.39 Å². The molecule has 0 saturated heterocycles. The highest BCUT2D eigenvalue weighted by Crippen LogP contribution is 2.14. The molecule has 0 aliphatic carbocycles. The molecule has 0 spiro atoms. The van der Waals surface area contributed by atoms with E-state index in [1.807, 2.05) is 0 Å². The zero-order chi connectivity index (χ0) is 10.4. The summed E-state index contributed by atoms with van der Waals surface area (Å²) in [4.78, 5) is 3.66. The third-order valence-corrected chi connectivity index (χ3v) is 1.23. The maximum atomic E-state index is 11.5. The molecule has 0 amide bonds. The highest BCUT2D eigenvalue weighted by atomic mass is 19.4. The van der Waals surface area contributed by atoms with E-state index in [1.54, 1.807) is 0 Å². The van der Waals surface area contributed by atoms with Gasteiger partial charge in [-0.1, -0.05) is 5.16 Å². The first kappa shape index (κ1) is 10.9. The van der Waals surface area contributed by atoms with Gasteiger partial charge in [0.25, 0.3) is 0 Å². The number of hydrogen-bond donors (Lipinski definition) is 1. The number of ether oxygens (including phenoxy) is 1. The first-order valence-electron chi connectivity index (χ1n) is 3.74. The summed E-state index contributed by atoms with van der Waals surface area (Å²) in [6, 6.07) is 0. The number of halogens is 3. The van der Waals surface area contributed by atoms with Gasteiger partial charge in [-0.25, -0.2) is 0 Å². The second kappa shape index (κ2) is 4.91. The maximum Gasteiger partial charge on any atom is 0.522 e. The van der Waals surface area contributed by atoms with Gasteiger partial charge >= 0.3 is 6.36 Å². The Morgan fingerprint density at radius 1 is 1.50 bits per heavy atom. The molecule has 8 heteroatoms. The van der Waals surface area contributed by atoms with Crippen molar-refractivity contribution in [2.75, 3.05) is 13.2 Å². The van der Waals surface area contributed by atoms with Gasteiger partial charge in [-0.3, -0.25) is 4.74 Å². The Hall–Kier alpha value is -1.15. The number of rotatable bonds is 5. The molecule has 0 aliphatic heterocycles. The van der Waals surface area contributed by atoms with Crippen molar-refractivity contribution in [3.05, 3.63) is 12.2 Å². The van der Waals surface area contributed by atoms with Crippen molar-refractivity contribution in [1.29, 1.82) is 0 Å². The minimum Gasteiger partial charge on any atom is -0.343 e. The van der Waals surface area contributed by atoms with Crippen molar-refractivity contribution in [3.8, 4) is 0 Å². The quantitative estimate of drug-likeness (QED) is 0.726. The average Bonchev–Trinajstić information content (AvgIpc) is 2.54. The van der Waals surface area contributed by atoms with Crippen LogP contribution in [0.25, 0.3) is 0 Å². The highest BCUT2D eigenvalue weighted by molar-refractivity contribution is 4.75. The van der Waals surface area contributed by atoms with Gasteiger partial charge in [-0.2, -0.15) is 4.98 Å². The topological polar surface area (TPSA) is 60.2 Å². The van der Waals surface area contributed by atoms with Crippen molar-refractivity contribution < 1.29 is 22.4 Å². The molecular formula is C6H8F3N3O2. The highest BCUT2D eigenvalue weighted by Gasteiger charge is 2.28. The van der Waals surface area contributed by atoms with E-state index in [1.165, 1.54) is 0 Å². The van der Waals surface area contributed by atoms with E-state index in [4.69, 9.17) is 0 Å². The lowest BCUT2D eigenvalue weighted by molar-refractivity contribution is -0.323. The normalized spacial score (nSPS) is 11.9. The summed E-state index contributed by atoms with van der Waals surface area (Å²) >= 11 is 0. The molecule has 1 N–H and O–H groups in total. The van der Waals surface area contributed by atoms with Crippen LogP contribution in [-0.4, -0.2) is 29.7 Å².